The predicted octanol–water partition coefficient (Wildman–Crippen LogP) is 2.09. The summed E-state index contributed by atoms with van der Waals surface area (Å²) in [6, 6.07) is 0.945. The first kappa shape index (κ1) is 23.9. The molecular weight excluding hydrogens is 419 g/mol. The van der Waals surface area contributed by atoms with Gasteiger partial charge in [-0.15, -0.1) is 24.0 Å². The molecular formula is C17H37IN4O2. The van der Waals surface area contributed by atoms with Crippen molar-refractivity contribution in [3.05, 3.63) is 0 Å². The molecule has 1 heterocycles. The third-order valence-corrected chi connectivity index (χ3v) is 4.17. The maximum absolute atomic E-state index is 5.56. The lowest BCUT2D eigenvalue weighted by molar-refractivity contribution is -0.0174. The number of nitrogens with zero attached hydrogens (tertiary/aromatic N) is 2. The van der Waals surface area contributed by atoms with Gasteiger partial charge in [0.25, 0.3) is 0 Å². The zero-order valence-corrected chi connectivity index (χ0v) is 18.2. The van der Waals surface area contributed by atoms with Crippen LogP contribution in [0.25, 0.3) is 0 Å². The molecule has 0 amide bonds. The smallest absolute Gasteiger partial charge is 0.191 e. The molecule has 2 unspecified atom stereocenters. The molecule has 0 spiro atoms. The highest BCUT2D eigenvalue weighted by Crippen LogP contribution is 2.09. The van der Waals surface area contributed by atoms with E-state index in [9.17, 15) is 0 Å². The second-order valence-electron chi connectivity index (χ2n) is 6.21. The van der Waals surface area contributed by atoms with Crippen LogP contribution in [0.5, 0.6) is 0 Å². The van der Waals surface area contributed by atoms with Gasteiger partial charge in [-0.1, -0.05) is 13.3 Å². The van der Waals surface area contributed by atoms with E-state index in [0.717, 1.165) is 64.9 Å². The number of morpholine rings is 1. The monoisotopic (exact) mass is 456 g/mol. The molecule has 0 aromatic heterocycles. The molecule has 0 saturated carbocycles. The predicted molar refractivity (Wildman–Crippen MR) is 112 cm³/mol. The van der Waals surface area contributed by atoms with Gasteiger partial charge >= 0.3 is 0 Å². The molecule has 6 nitrogen and oxygen atoms in total. The Bertz CT molecular complexity index is 332. The highest BCUT2D eigenvalue weighted by molar-refractivity contribution is 14.0. The SMILES string of the molecule is CCCCOCCCNC(=NC)NCC(C)N1CCOCC1C.I. The van der Waals surface area contributed by atoms with Crippen molar-refractivity contribution in [3.63, 3.8) is 0 Å². The van der Waals surface area contributed by atoms with Gasteiger partial charge in [-0.25, -0.2) is 0 Å². The molecule has 0 aromatic rings. The first-order valence-corrected chi connectivity index (χ1v) is 9.04. The van der Waals surface area contributed by atoms with Crippen molar-refractivity contribution in [1.29, 1.82) is 0 Å². The maximum atomic E-state index is 5.56. The molecule has 2 atom stereocenters. The molecule has 7 heteroatoms. The van der Waals surface area contributed by atoms with Crippen LogP contribution in [-0.4, -0.2) is 76.1 Å². The van der Waals surface area contributed by atoms with Gasteiger partial charge in [0.2, 0.25) is 0 Å². The molecule has 24 heavy (non-hydrogen) atoms. The Labute approximate surface area is 165 Å². The number of hydrogen-bond donors (Lipinski definition) is 2. The molecule has 0 aromatic carbocycles. The standard InChI is InChI=1S/C17H36N4O2.HI/c1-5-6-10-22-11-7-8-19-17(18-4)20-13-15(2)21-9-12-23-14-16(21)3;/h15-16H,5-14H2,1-4H3,(H2,18,19,20);1H. The highest BCUT2D eigenvalue weighted by atomic mass is 127. The minimum atomic E-state index is 0. The lowest BCUT2D eigenvalue weighted by Gasteiger charge is -2.38. The van der Waals surface area contributed by atoms with Crippen molar-refractivity contribution in [3.8, 4) is 0 Å². The molecule has 0 radical (unpaired) electrons. The molecule has 1 aliphatic rings. The summed E-state index contributed by atoms with van der Waals surface area (Å²) in [5.74, 6) is 0.867. The second-order valence-corrected chi connectivity index (χ2v) is 6.21. The van der Waals surface area contributed by atoms with E-state index >= 15 is 0 Å². The van der Waals surface area contributed by atoms with Crippen LogP contribution >= 0.6 is 24.0 Å². The van der Waals surface area contributed by atoms with Crippen molar-refractivity contribution in [2.24, 2.45) is 4.99 Å². The Morgan fingerprint density at radius 1 is 1.33 bits per heavy atom. The van der Waals surface area contributed by atoms with Crippen LogP contribution in [0.2, 0.25) is 0 Å². The number of aliphatic imine (C=N–C) groups is 1. The number of nitrogens with one attached hydrogen (secondary N) is 2. The van der Waals surface area contributed by atoms with Crippen LogP contribution < -0.4 is 10.6 Å². The fourth-order valence-electron chi connectivity index (χ4n) is 2.71. The second kappa shape index (κ2) is 15.2. The molecule has 1 aliphatic heterocycles. The van der Waals surface area contributed by atoms with E-state index < -0.39 is 0 Å². The Morgan fingerprint density at radius 3 is 2.75 bits per heavy atom. The van der Waals surface area contributed by atoms with E-state index in [2.05, 4.69) is 41.3 Å². The Kier molecular flexibility index (Phi) is 15.1. The summed E-state index contributed by atoms with van der Waals surface area (Å²) in [6.45, 7) is 12.8. The molecule has 1 rings (SSSR count). The van der Waals surface area contributed by atoms with Gasteiger partial charge in [-0.3, -0.25) is 9.89 Å². The normalized spacial score (nSPS) is 20.3. The Balaban J connectivity index is 0.00000529. The van der Waals surface area contributed by atoms with E-state index in [1.807, 2.05) is 7.05 Å². The van der Waals surface area contributed by atoms with E-state index in [0.29, 0.717) is 12.1 Å². The zero-order valence-electron chi connectivity index (χ0n) is 15.8. The molecule has 0 aliphatic carbocycles. The van der Waals surface area contributed by atoms with E-state index in [-0.39, 0.29) is 24.0 Å². The molecule has 0 bridgehead atoms. The quantitative estimate of drug-likeness (QED) is 0.228. The van der Waals surface area contributed by atoms with Crippen molar-refractivity contribution < 1.29 is 9.47 Å². The summed E-state index contributed by atoms with van der Waals surface area (Å²) < 4.78 is 11.1. The van der Waals surface area contributed by atoms with Crippen molar-refractivity contribution in [1.82, 2.24) is 15.5 Å². The largest absolute Gasteiger partial charge is 0.381 e. The van der Waals surface area contributed by atoms with Crippen molar-refractivity contribution >= 4 is 29.9 Å². The Hall–Kier alpha value is -0.120. The third-order valence-electron chi connectivity index (χ3n) is 4.17. The van der Waals surface area contributed by atoms with E-state index in [4.69, 9.17) is 9.47 Å². The minimum Gasteiger partial charge on any atom is -0.381 e. The first-order chi connectivity index (χ1) is 11.2. The lowest BCUT2D eigenvalue weighted by atomic mass is 10.2. The summed E-state index contributed by atoms with van der Waals surface area (Å²) in [7, 11) is 1.81. The lowest BCUT2D eigenvalue weighted by Crippen LogP contribution is -2.53. The number of halogens is 1. The van der Waals surface area contributed by atoms with Gasteiger partial charge < -0.3 is 20.1 Å². The van der Waals surface area contributed by atoms with Crippen molar-refractivity contribution in [2.75, 3.05) is 53.1 Å². The average Bonchev–Trinajstić information content (AvgIpc) is 2.57. The van der Waals surface area contributed by atoms with Gasteiger partial charge in [-0.2, -0.15) is 0 Å². The number of rotatable bonds is 10. The fraction of sp³-hybridized carbons (Fsp3) is 0.941. The van der Waals surface area contributed by atoms with Crippen LogP contribution in [0.15, 0.2) is 4.99 Å². The van der Waals surface area contributed by atoms with Crippen LogP contribution in [-0.2, 0) is 9.47 Å². The van der Waals surface area contributed by atoms with Crippen molar-refractivity contribution in [2.45, 2.75) is 52.1 Å². The summed E-state index contributed by atoms with van der Waals surface area (Å²) in [4.78, 5) is 6.77. The summed E-state index contributed by atoms with van der Waals surface area (Å²) in [6.07, 6.45) is 3.34. The third kappa shape index (κ3) is 10.0. The number of hydrogen-bond acceptors (Lipinski definition) is 4. The number of unbranched alkanes of at least 4 members (excludes halogenated alkanes) is 1. The molecule has 1 fully saturated rings. The first-order valence-electron chi connectivity index (χ1n) is 9.04. The molecule has 144 valence electrons. The van der Waals surface area contributed by atoms with Crippen LogP contribution in [0.1, 0.15) is 40.0 Å². The number of ether oxygens (including phenoxy) is 2. The molecule has 2 N–H and O–H groups in total. The van der Waals surface area contributed by atoms with E-state index in [1.165, 1.54) is 6.42 Å². The summed E-state index contributed by atoms with van der Waals surface area (Å²) in [5, 5.41) is 6.76. The highest BCUT2D eigenvalue weighted by Gasteiger charge is 2.23. The van der Waals surface area contributed by atoms with Gasteiger partial charge in [0.15, 0.2) is 5.96 Å². The minimum absolute atomic E-state index is 0. The van der Waals surface area contributed by atoms with E-state index in [1.54, 1.807) is 0 Å². The molecule has 1 saturated heterocycles. The van der Waals surface area contributed by atoms with Gasteiger partial charge in [0, 0.05) is 52.0 Å². The Morgan fingerprint density at radius 2 is 2.08 bits per heavy atom. The topological polar surface area (TPSA) is 58.1 Å². The average molecular weight is 456 g/mol. The van der Waals surface area contributed by atoms with Crippen LogP contribution in [0, 0.1) is 0 Å². The van der Waals surface area contributed by atoms with Crippen LogP contribution in [0.3, 0.4) is 0 Å². The fourth-order valence-corrected chi connectivity index (χ4v) is 2.71. The van der Waals surface area contributed by atoms with Crippen LogP contribution in [0.4, 0.5) is 0 Å². The number of guanidine groups is 1. The van der Waals surface area contributed by atoms with Gasteiger partial charge in [0.05, 0.1) is 13.2 Å². The van der Waals surface area contributed by atoms with Gasteiger partial charge in [-0.05, 0) is 26.7 Å². The zero-order chi connectivity index (χ0) is 16.9. The summed E-state index contributed by atoms with van der Waals surface area (Å²) in [5.41, 5.74) is 0. The maximum Gasteiger partial charge on any atom is 0.191 e. The summed E-state index contributed by atoms with van der Waals surface area (Å²) >= 11 is 0. The van der Waals surface area contributed by atoms with Gasteiger partial charge in [0.1, 0.15) is 0 Å².